The number of halogens is 1. The predicted octanol–water partition coefficient (Wildman–Crippen LogP) is 3.92. The van der Waals surface area contributed by atoms with Gasteiger partial charge in [0.2, 0.25) is 0 Å². The maximum absolute atomic E-state index is 12.2. The topological polar surface area (TPSA) is 74.3 Å². The quantitative estimate of drug-likeness (QED) is 0.856. The number of rotatable bonds is 5. The Kier molecular flexibility index (Phi) is 5.95. The van der Waals surface area contributed by atoms with Gasteiger partial charge in [-0.2, -0.15) is 0 Å². The van der Waals surface area contributed by atoms with E-state index in [9.17, 15) is 9.59 Å². The highest BCUT2D eigenvalue weighted by molar-refractivity contribution is 7.14. The second kappa shape index (κ2) is 7.94. The van der Waals surface area contributed by atoms with Crippen LogP contribution >= 0.6 is 22.9 Å². The standard InChI is InChI=1S/C15H17ClN4O2S/c1-3-20(4-2)13(21)12-9-23-15(18-12)19-14(22)17-11-7-5-6-10(16)8-11/h5-9H,3-4H2,1-2H3,(H2,17,18,19,22). The third kappa shape index (κ3) is 4.67. The van der Waals surface area contributed by atoms with E-state index in [-0.39, 0.29) is 5.91 Å². The number of anilines is 2. The summed E-state index contributed by atoms with van der Waals surface area (Å²) < 4.78 is 0. The molecule has 0 atom stereocenters. The van der Waals surface area contributed by atoms with Gasteiger partial charge in [0.05, 0.1) is 0 Å². The lowest BCUT2D eigenvalue weighted by molar-refractivity contribution is 0.0768. The molecule has 23 heavy (non-hydrogen) atoms. The molecule has 0 radical (unpaired) electrons. The second-order valence-corrected chi connectivity index (χ2v) is 5.90. The van der Waals surface area contributed by atoms with Crippen LogP contribution in [0.15, 0.2) is 29.6 Å². The summed E-state index contributed by atoms with van der Waals surface area (Å²) >= 11 is 7.06. The average Bonchev–Trinajstić information content (AvgIpc) is 2.96. The zero-order valence-corrected chi connectivity index (χ0v) is 14.4. The van der Waals surface area contributed by atoms with Crippen molar-refractivity contribution in [2.45, 2.75) is 13.8 Å². The summed E-state index contributed by atoms with van der Waals surface area (Å²) in [5, 5.41) is 7.78. The minimum Gasteiger partial charge on any atom is -0.338 e. The third-order valence-electron chi connectivity index (χ3n) is 3.08. The van der Waals surface area contributed by atoms with Crippen molar-refractivity contribution in [3.63, 3.8) is 0 Å². The van der Waals surface area contributed by atoms with Crippen LogP contribution in [-0.4, -0.2) is 34.9 Å². The average molecular weight is 353 g/mol. The van der Waals surface area contributed by atoms with Crippen LogP contribution in [0.1, 0.15) is 24.3 Å². The number of nitrogens with one attached hydrogen (secondary N) is 2. The number of carbonyl (C=O) groups is 2. The van der Waals surface area contributed by atoms with Crippen molar-refractivity contribution in [1.82, 2.24) is 9.88 Å². The molecule has 0 aliphatic carbocycles. The SMILES string of the molecule is CCN(CC)C(=O)c1csc(NC(=O)Nc2cccc(Cl)c2)n1. The highest BCUT2D eigenvalue weighted by Crippen LogP contribution is 2.18. The Balaban J connectivity index is 1.98. The molecule has 2 aromatic rings. The van der Waals surface area contributed by atoms with E-state index < -0.39 is 6.03 Å². The first-order valence-electron chi connectivity index (χ1n) is 7.11. The maximum atomic E-state index is 12.2. The fourth-order valence-corrected chi connectivity index (χ4v) is 2.80. The number of aromatic nitrogens is 1. The van der Waals surface area contributed by atoms with Crippen molar-refractivity contribution in [3.8, 4) is 0 Å². The van der Waals surface area contributed by atoms with Crippen molar-refractivity contribution in [1.29, 1.82) is 0 Å². The first-order valence-corrected chi connectivity index (χ1v) is 8.37. The highest BCUT2D eigenvalue weighted by Gasteiger charge is 2.16. The molecule has 1 heterocycles. The van der Waals surface area contributed by atoms with Gasteiger partial charge in [0, 0.05) is 29.2 Å². The van der Waals surface area contributed by atoms with Gasteiger partial charge in [-0.05, 0) is 32.0 Å². The molecule has 2 N–H and O–H groups in total. The molecule has 0 saturated heterocycles. The van der Waals surface area contributed by atoms with E-state index in [4.69, 9.17) is 11.6 Å². The molecule has 0 aliphatic heterocycles. The number of benzene rings is 1. The van der Waals surface area contributed by atoms with Crippen LogP contribution in [-0.2, 0) is 0 Å². The Hall–Kier alpha value is -2.12. The number of carbonyl (C=O) groups excluding carboxylic acids is 2. The zero-order valence-electron chi connectivity index (χ0n) is 12.8. The van der Waals surface area contributed by atoms with E-state index in [0.717, 1.165) is 0 Å². The third-order valence-corrected chi connectivity index (χ3v) is 4.07. The molecule has 0 saturated carbocycles. The van der Waals surface area contributed by atoms with Gasteiger partial charge in [-0.15, -0.1) is 11.3 Å². The van der Waals surface area contributed by atoms with Crippen molar-refractivity contribution < 1.29 is 9.59 Å². The van der Waals surface area contributed by atoms with Gasteiger partial charge in [0.25, 0.3) is 5.91 Å². The molecule has 1 aromatic carbocycles. The Morgan fingerprint density at radius 3 is 2.65 bits per heavy atom. The summed E-state index contributed by atoms with van der Waals surface area (Å²) in [5.41, 5.74) is 0.905. The molecule has 0 aliphatic rings. The van der Waals surface area contributed by atoms with E-state index in [1.54, 1.807) is 34.5 Å². The first-order chi connectivity index (χ1) is 11.0. The summed E-state index contributed by atoms with van der Waals surface area (Å²) in [6.07, 6.45) is 0. The van der Waals surface area contributed by atoms with Crippen LogP contribution in [0, 0.1) is 0 Å². The number of urea groups is 1. The van der Waals surface area contributed by atoms with Gasteiger partial charge in [0.1, 0.15) is 5.69 Å². The number of amides is 3. The largest absolute Gasteiger partial charge is 0.338 e. The van der Waals surface area contributed by atoms with Gasteiger partial charge in [0.15, 0.2) is 5.13 Å². The van der Waals surface area contributed by atoms with E-state index in [0.29, 0.717) is 34.6 Å². The lowest BCUT2D eigenvalue weighted by Gasteiger charge is -2.16. The summed E-state index contributed by atoms with van der Waals surface area (Å²) in [7, 11) is 0. The number of nitrogens with zero attached hydrogens (tertiary/aromatic N) is 2. The molecule has 3 amide bonds. The van der Waals surface area contributed by atoms with Crippen LogP contribution in [0.4, 0.5) is 15.6 Å². The van der Waals surface area contributed by atoms with Crippen LogP contribution in [0.3, 0.4) is 0 Å². The predicted molar refractivity (Wildman–Crippen MR) is 93.5 cm³/mol. The molecule has 0 bridgehead atoms. The molecule has 1 aromatic heterocycles. The van der Waals surface area contributed by atoms with Crippen LogP contribution in [0.25, 0.3) is 0 Å². The summed E-state index contributed by atoms with van der Waals surface area (Å²) in [6, 6.07) is 6.38. The fourth-order valence-electron chi connectivity index (χ4n) is 1.93. The summed E-state index contributed by atoms with van der Waals surface area (Å²) in [4.78, 5) is 29.9. The summed E-state index contributed by atoms with van der Waals surface area (Å²) in [6.45, 7) is 5.05. The Morgan fingerprint density at radius 2 is 2.00 bits per heavy atom. The molecular formula is C15H17ClN4O2S. The smallest absolute Gasteiger partial charge is 0.325 e. The van der Waals surface area contributed by atoms with Crippen LogP contribution < -0.4 is 10.6 Å². The normalized spacial score (nSPS) is 10.2. The molecule has 0 unspecified atom stereocenters. The van der Waals surface area contributed by atoms with Gasteiger partial charge >= 0.3 is 6.03 Å². The monoisotopic (exact) mass is 352 g/mol. The Morgan fingerprint density at radius 1 is 1.26 bits per heavy atom. The van der Waals surface area contributed by atoms with Gasteiger partial charge < -0.3 is 10.2 Å². The van der Waals surface area contributed by atoms with Crippen LogP contribution in [0.2, 0.25) is 5.02 Å². The van der Waals surface area contributed by atoms with E-state index in [1.165, 1.54) is 11.3 Å². The van der Waals surface area contributed by atoms with Gasteiger partial charge in [-0.3, -0.25) is 10.1 Å². The molecular weight excluding hydrogens is 336 g/mol. The molecule has 122 valence electrons. The van der Waals surface area contributed by atoms with Crippen molar-refractivity contribution >= 4 is 45.7 Å². The molecule has 2 rings (SSSR count). The lowest BCUT2D eigenvalue weighted by atomic mass is 10.3. The zero-order chi connectivity index (χ0) is 16.8. The van der Waals surface area contributed by atoms with Crippen molar-refractivity contribution in [2.24, 2.45) is 0 Å². The molecule has 0 spiro atoms. The van der Waals surface area contributed by atoms with Crippen molar-refractivity contribution in [2.75, 3.05) is 23.7 Å². The lowest BCUT2D eigenvalue weighted by Crippen LogP contribution is -2.30. The minimum atomic E-state index is -0.441. The molecule has 0 fully saturated rings. The number of hydrogen-bond donors (Lipinski definition) is 2. The summed E-state index contributed by atoms with van der Waals surface area (Å²) in [5.74, 6) is -0.144. The van der Waals surface area contributed by atoms with Crippen molar-refractivity contribution in [3.05, 3.63) is 40.4 Å². The molecule has 6 nitrogen and oxygen atoms in total. The Labute approximate surface area is 143 Å². The molecule has 8 heteroatoms. The maximum Gasteiger partial charge on any atom is 0.325 e. The van der Waals surface area contributed by atoms with Gasteiger partial charge in [-0.1, -0.05) is 17.7 Å². The number of hydrogen-bond acceptors (Lipinski definition) is 4. The van der Waals surface area contributed by atoms with E-state index in [1.807, 2.05) is 13.8 Å². The van der Waals surface area contributed by atoms with Crippen LogP contribution in [0.5, 0.6) is 0 Å². The highest BCUT2D eigenvalue weighted by atomic mass is 35.5. The Bertz CT molecular complexity index is 700. The van der Waals surface area contributed by atoms with E-state index >= 15 is 0 Å². The van der Waals surface area contributed by atoms with Gasteiger partial charge in [-0.25, -0.2) is 9.78 Å². The fraction of sp³-hybridized carbons (Fsp3) is 0.267. The first kappa shape index (κ1) is 17.2. The second-order valence-electron chi connectivity index (χ2n) is 4.60. The van der Waals surface area contributed by atoms with E-state index in [2.05, 4.69) is 15.6 Å². The number of thiazole rings is 1. The minimum absolute atomic E-state index is 0.144.